The van der Waals surface area contributed by atoms with Gasteiger partial charge in [-0.2, -0.15) is 4.31 Å². The number of aliphatic hydroxyl groups is 1. The summed E-state index contributed by atoms with van der Waals surface area (Å²) in [5, 5.41) is 36.5. The third kappa shape index (κ3) is 8.71. The number of thiazole rings is 1. The fourth-order valence-electron chi connectivity index (χ4n) is 3.95. The molecule has 3 rings (SSSR count). The van der Waals surface area contributed by atoms with Crippen molar-refractivity contribution in [2.75, 3.05) is 13.1 Å². The van der Waals surface area contributed by atoms with Gasteiger partial charge in [-0.3, -0.25) is 10.1 Å². The number of aromatic nitrogens is 1. The molecule has 40 heavy (non-hydrogen) atoms. The highest BCUT2D eigenvalue weighted by Crippen LogP contribution is 2.22. The molecule has 0 fully saturated rings. The molecule has 2 atom stereocenters. The minimum Gasteiger partial charge on any atom is -0.487 e. The van der Waals surface area contributed by atoms with Crippen molar-refractivity contribution >= 4 is 33.1 Å². The van der Waals surface area contributed by atoms with Crippen LogP contribution in [0.3, 0.4) is 0 Å². The highest BCUT2D eigenvalue weighted by atomic mass is 32.2. The number of nitrogens with zero attached hydrogens (tertiary/aromatic N) is 3. The predicted octanol–water partition coefficient (Wildman–Crippen LogP) is 3.83. The Morgan fingerprint density at radius 3 is 2.33 bits per heavy atom. The average molecular weight is 593 g/mol. The van der Waals surface area contributed by atoms with Gasteiger partial charge in [0.2, 0.25) is 10.0 Å². The molecule has 3 aromatic rings. The summed E-state index contributed by atoms with van der Waals surface area (Å²) in [5.41, 5.74) is 1.26. The molecule has 0 spiro atoms. The summed E-state index contributed by atoms with van der Waals surface area (Å²) in [6, 6.07) is 10.4. The third-order valence-corrected chi connectivity index (χ3v) is 8.52. The molecule has 216 valence electrons. The Balaban J connectivity index is 1.74. The minimum atomic E-state index is -4.15. The lowest BCUT2D eigenvalue weighted by Crippen LogP contribution is -2.50. The maximum atomic E-state index is 13.4. The number of carbonyl (C=O) groups is 1. The zero-order valence-corrected chi connectivity index (χ0v) is 23.9. The van der Waals surface area contributed by atoms with Crippen LogP contribution in [0.25, 0.3) is 0 Å². The van der Waals surface area contributed by atoms with E-state index in [1.165, 1.54) is 11.3 Å². The fraction of sp³-hybridized carbons (Fsp3) is 0.385. The number of hydrogen-bond acceptors (Lipinski definition) is 9. The quantitative estimate of drug-likeness (QED) is 0.186. The molecule has 12 nitrogen and oxygen atoms in total. The second-order valence-corrected chi connectivity index (χ2v) is 12.6. The molecule has 0 aliphatic carbocycles. The van der Waals surface area contributed by atoms with E-state index in [9.17, 15) is 33.5 Å². The van der Waals surface area contributed by atoms with E-state index >= 15 is 0 Å². The van der Waals surface area contributed by atoms with Crippen LogP contribution >= 0.6 is 11.3 Å². The number of ether oxygens (including phenoxy) is 1. The molecular formula is C26H32N4O8S2. The van der Waals surface area contributed by atoms with Gasteiger partial charge in [-0.1, -0.05) is 26.0 Å². The van der Waals surface area contributed by atoms with Crippen LogP contribution in [0.2, 0.25) is 0 Å². The third-order valence-electron chi connectivity index (χ3n) is 5.85. The van der Waals surface area contributed by atoms with Gasteiger partial charge in [0.1, 0.15) is 12.4 Å². The van der Waals surface area contributed by atoms with Crippen molar-refractivity contribution in [1.29, 1.82) is 0 Å². The second kappa shape index (κ2) is 13.7. The van der Waals surface area contributed by atoms with E-state index in [0.29, 0.717) is 17.9 Å². The first-order valence-electron chi connectivity index (χ1n) is 12.4. The largest absolute Gasteiger partial charge is 0.487 e. The number of non-ortho nitro benzene ring substituents is 1. The predicted molar refractivity (Wildman–Crippen MR) is 149 cm³/mol. The van der Waals surface area contributed by atoms with E-state index < -0.39 is 39.7 Å². The van der Waals surface area contributed by atoms with Gasteiger partial charge >= 0.3 is 6.09 Å². The number of amides is 1. The first-order valence-corrected chi connectivity index (χ1v) is 14.7. The fourth-order valence-corrected chi connectivity index (χ4v) is 6.17. The van der Waals surface area contributed by atoms with E-state index in [4.69, 9.17) is 4.74 Å². The van der Waals surface area contributed by atoms with Gasteiger partial charge in [-0.05, 0) is 49.1 Å². The Morgan fingerprint density at radius 2 is 1.80 bits per heavy atom. The maximum absolute atomic E-state index is 13.4. The highest BCUT2D eigenvalue weighted by Gasteiger charge is 2.31. The van der Waals surface area contributed by atoms with E-state index in [-0.39, 0.29) is 29.5 Å². The van der Waals surface area contributed by atoms with Crippen molar-refractivity contribution in [3.8, 4) is 5.75 Å². The number of benzene rings is 2. The first kappa shape index (κ1) is 30.9. The molecule has 0 unspecified atom stereocenters. The molecule has 1 aromatic heterocycles. The number of hydrogen-bond donors (Lipinski definition) is 3. The topological polar surface area (TPSA) is 172 Å². The maximum Gasteiger partial charge on any atom is 0.404 e. The Labute approximate surface area is 236 Å². The molecule has 0 radical (unpaired) electrons. The van der Waals surface area contributed by atoms with E-state index in [1.807, 2.05) is 12.3 Å². The summed E-state index contributed by atoms with van der Waals surface area (Å²) in [4.78, 5) is 26.0. The van der Waals surface area contributed by atoms with Gasteiger partial charge < -0.3 is 20.3 Å². The number of nitro benzene ring substituents is 1. The molecule has 1 heterocycles. The summed E-state index contributed by atoms with van der Waals surface area (Å²) < 4.78 is 33.6. The van der Waals surface area contributed by atoms with E-state index in [1.54, 1.807) is 38.1 Å². The lowest BCUT2D eigenvalue weighted by atomic mass is 10.0. The van der Waals surface area contributed by atoms with Gasteiger partial charge in [0.25, 0.3) is 5.69 Å². The Morgan fingerprint density at radius 1 is 1.15 bits per heavy atom. The van der Waals surface area contributed by atoms with E-state index in [0.717, 1.165) is 39.3 Å². The van der Waals surface area contributed by atoms with Gasteiger partial charge in [0.15, 0.2) is 0 Å². The summed E-state index contributed by atoms with van der Waals surface area (Å²) >= 11 is 1.53. The summed E-state index contributed by atoms with van der Waals surface area (Å²) in [6.07, 6.45) is -2.67. The number of rotatable bonds is 14. The number of aliphatic hydroxyl groups excluding tert-OH is 1. The number of nitro groups is 1. The smallest absolute Gasteiger partial charge is 0.404 e. The van der Waals surface area contributed by atoms with Crippen molar-refractivity contribution in [2.45, 2.75) is 50.8 Å². The lowest BCUT2D eigenvalue weighted by Gasteiger charge is -2.30. The zero-order chi connectivity index (χ0) is 29.4. The van der Waals surface area contributed by atoms with Crippen LogP contribution in [0.5, 0.6) is 5.75 Å². The first-order chi connectivity index (χ1) is 18.8. The van der Waals surface area contributed by atoms with Gasteiger partial charge in [0.05, 0.1) is 32.7 Å². The average Bonchev–Trinajstić information content (AvgIpc) is 3.32. The molecule has 0 saturated heterocycles. The molecule has 1 amide bonds. The molecular weight excluding hydrogens is 560 g/mol. The van der Waals surface area contributed by atoms with Crippen molar-refractivity contribution in [3.63, 3.8) is 0 Å². The zero-order valence-electron chi connectivity index (χ0n) is 22.3. The Bertz CT molecular complexity index is 1390. The molecule has 0 saturated carbocycles. The lowest BCUT2D eigenvalue weighted by molar-refractivity contribution is -0.384. The normalized spacial score (nSPS) is 13.2. The van der Waals surface area contributed by atoms with Crippen molar-refractivity contribution in [3.05, 3.63) is 80.3 Å². The molecule has 0 aliphatic heterocycles. The number of sulfonamides is 1. The van der Waals surface area contributed by atoms with Crippen LogP contribution in [0.15, 0.2) is 58.8 Å². The van der Waals surface area contributed by atoms with Crippen molar-refractivity contribution in [1.82, 2.24) is 14.6 Å². The molecule has 14 heteroatoms. The number of aryl methyl sites for hydroxylation is 1. The van der Waals surface area contributed by atoms with Crippen molar-refractivity contribution in [2.24, 2.45) is 5.92 Å². The molecule has 0 aliphatic rings. The number of carboxylic acid groups (broad SMARTS) is 1. The van der Waals surface area contributed by atoms with Crippen LogP contribution in [0.1, 0.15) is 30.1 Å². The number of nitrogens with one attached hydrogen (secondary N) is 1. The Hall–Kier alpha value is -3.59. The van der Waals surface area contributed by atoms with Crippen LogP contribution in [-0.4, -0.2) is 64.2 Å². The Kier molecular flexibility index (Phi) is 10.6. The van der Waals surface area contributed by atoms with Gasteiger partial charge in [0, 0.05) is 30.6 Å². The van der Waals surface area contributed by atoms with Crippen LogP contribution in [0.4, 0.5) is 10.5 Å². The summed E-state index contributed by atoms with van der Waals surface area (Å²) in [5.74, 6) is 0.474. The minimum absolute atomic E-state index is 0.0424. The summed E-state index contributed by atoms with van der Waals surface area (Å²) in [6.45, 7) is 5.47. The summed E-state index contributed by atoms with van der Waals surface area (Å²) in [7, 11) is -4.15. The standard InChI is InChI=1S/C26H32N4O8S2/c1-17(2)13-29(40(36,37)23-10-6-21(7-11-23)30(34)35)14-25(31)24(28-26(32)33)12-19-4-8-22(9-5-19)38-15-20-16-39-18(3)27-20/h4-11,16-17,24-25,28,31H,12-15H2,1-3H3,(H,32,33)/t24-,25-/m0/s1. The second-order valence-electron chi connectivity index (χ2n) is 9.58. The van der Waals surface area contributed by atoms with Gasteiger partial charge in [-0.25, -0.2) is 18.2 Å². The van der Waals surface area contributed by atoms with Gasteiger partial charge in [-0.15, -0.1) is 11.3 Å². The van der Waals surface area contributed by atoms with Crippen LogP contribution in [-0.2, 0) is 23.1 Å². The monoisotopic (exact) mass is 592 g/mol. The van der Waals surface area contributed by atoms with Crippen LogP contribution in [0, 0.1) is 23.0 Å². The van der Waals surface area contributed by atoms with Crippen LogP contribution < -0.4 is 10.1 Å². The van der Waals surface area contributed by atoms with Crippen molar-refractivity contribution < 1.29 is 33.1 Å². The van der Waals surface area contributed by atoms with E-state index in [2.05, 4.69) is 10.3 Å². The molecule has 2 aromatic carbocycles. The molecule has 0 bridgehead atoms. The SMILES string of the molecule is Cc1nc(COc2ccc(C[C@H](NC(=O)O)[C@@H](O)CN(CC(C)C)S(=O)(=O)c3ccc([N+](=O)[O-])cc3)cc2)cs1. The molecule has 3 N–H and O–H groups in total. The highest BCUT2D eigenvalue weighted by molar-refractivity contribution is 7.89.